The Hall–Kier alpha value is -2.63. The molecule has 0 fully saturated rings. The van der Waals surface area contributed by atoms with Crippen LogP contribution in [0, 0.1) is 0 Å². The van der Waals surface area contributed by atoms with Crippen LogP contribution in [-0.2, 0) is 28.6 Å². The molecule has 6 nitrogen and oxygen atoms in total. The second-order valence-electron chi connectivity index (χ2n) is 24.1. The Kier molecular flexibility index (Phi) is 66.6. The summed E-state index contributed by atoms with van der Waals surface area (Å²) in [6, 6.07) is 0. The second kappa shape index (κ2) is 68.9. The van der Waals surface area contributed by atoms with Crippen LogP contribution in [-0.4, -0.2) is 37.2 Å². The molecule has 468 valence electrons. The molecule has 0 radical (unpaired) electrons. The van der Waals surface area contributed by atoms with Crippen molar-refractivity contribution in [1.82, 2.24) is 0 Å². The lowest BCUT2D eigenvalue weighted by Gasteiger charge is -2.18. The van der Waals surface area contributed by atoms with Crippen LogP contribution in [0.25, 0.3) is 0 Å². The molecular formula is C74H136O6. The molecule has 0 aromatic heterocycles. The number of unbranched alkanes of at least 4 members (excludes halogenated alkanes) is 47. The van der Waals surface area contributed by atoms with E-state index in [0.717, 1.165) is 83.5 Å². The van der Waals surface area contributed by atoms with Crippen LogP contribution in [0.2, 0.25) is 0 Å². The first kappa shape index (κ1) is 77.4. The third-order valence-electron chi connectivity index (χ3n) is 16.1. The van der Waals surface area contributed by atoms with Crippen molar-refractivity contribution < 1.29 is 28.6 Å². The van der Waals surface area contributed by atoms with Gasteiger partial charge in [0.05, 0.1) is 0 Å². The van der Waals surface area contributed by atoms with E-state index in [2.05, 4.69) is 69.4 Å². The molecule has 0 rings (SSSR count). The Morgan fingerprint density at radius 2 is 0.487 bits per heavy atom. The first-order chi connectivity index (χ1) is 39.5. The molecule has 1 unspecified atom stereocenters. The molecular weight excluding hydrogens is 985 g/mol. The van der Waals surface area contributed by atoms with Crippen molar-refractivity contribution in [1.29, 1.82) is 0 Å². The highest BCUT2D eigenvalue weighted by Gasteiger charge is 2.19. The van der Waals surface area contributed by atoms with Gasteiger partial charge >= 0.3 is 17.9 Å². The number of allylic oxidation sites excluding steroid dienone is 8. The maximum atomic E-state index is 12.9. The molecule has 6 heteroatoms. The predicted octanol–water partition coefficient (Wildman–Crippen LogP) is 24.5. The molecule has 0 N–H and O–H groups in total. The summed E-state index contributed by atoms with van der Waals surface area (Å²) in [5.41, 5.74) is 0. The van der Waals surface area contributed by atoms with E-state index < -0.39 is 6.10 Å². The van der Waals surface area contributed by atoms with Gasteiger partial charge in [0.1, 0.15) is 13.2 Å². The van der Waals surface area contributed by atoms with E-state index in [4.69, 9.17) is 14.2 Å². The van der Waals surface area contributed by atoms with Gasteiger partial charge in [-0.3, -0.25) is 14.4 Å². The predicted molar refractivity (Wildman–Crippen MR) is 349 cm³/mol. The normalized spacial score (nSPS) is 12.3. The molecule has 0 bridgehead atoms. The van der Waals surface area contributed by atoms with Gasteiger partial charge in [0.2, 0.25) is 0 Å². The fraction of sp³-hybridized carbons (Fsp3) is 0.851. The minimum Gasteiger partial charge on any atom is -0.462 e. The standard InChI is InChI=1S/C74H136O6/c1-4-7-10-13-16-19-22-25-27-29-30-31-32-33-34-35-36-37-38-39-40-41-42-43-45-46-49-52-55-58-61-64-67-73(76)79-70-71(69-78-72(75)66-63-60-57-54-51-48-24-21-18-15-12-9-6-3)80-74(77)68-65-62-59-56-53-50-47-44-28-26-23-20-17-14-11-8-5-2/h9,12,18,21,26,28,48,51,71H,4-8,10-11,13-17,19-20,22-25,27,29-47,49-50,52-70H2,1-3H3/b12-9-,21-18-,28-26-,51-48-. The first-order valence-electron chi connectivity index (χ1n) is 35.6. The lowest BCUT2D eigenvalue weighted by atomic mass is 10.0. The van der Waals surface area contributed by atoms with Crippen molar-refractivity contribution in [2.75, 3.05) is 13.2 Å². The summed E-state index contributed by atoms with van der Waals surface area (Å²) in [6.07, 6.45) is 87.4. The molecule has 0 spiro atoms. The highest BCUT2D eigenvalue weighted by molar-refractivity contribution is 5.71. The molecule has 0 aliphatic rings. The molecule has 0 saturated heterocycles. The zero-order chi connectivity index (χ0) is 57.8. The van der Waals surface area contributed by atoms with Crippen LogP contribution in [0.5, 0.6) is 0 Å². The number of carbonyl (C=O) groups is 3. The molecule has 0 heterocycles. The average molecular weight is 1120 g/mol. The summed E-state index contributed by atoms with van der Waals surface area (Å²) in [5.74, 6) is -0.893. The molecule has 0 saturated carbocycles. The highest BCUT2D eigenvalue weighted by atomic mass is 16.6. The molecule has 0 aromatic rings. The third kappa shape index (κ3) is 66.2. The van der Waals surface area contributed by atoms with Crippen molar-refractivity contribution in [2.45, 2.75) is 393 Å². The SMILES string of the molecule is CC/C=C\C/C=C\C/C=C\CCCCCC(=O)OCC(COC(=O)CCCCCCCCCCCCCCCCCCCCCCCCCCCCCCCCCC)OC(=O)CCCCCCCCC/C=C\CCCCCCCC. The smallest absolute Gasteiger partial charge is 0.306 e. The quantitative estimate of drug-likeness (QED) is 0.0261. The van der Waals surface area contributed by atoms with Crippen LogP contribution >= 0.6 is 0 Å². The van der Waals surface area contributed by atoms with Gasteiger partial charge in [-0.1, -0.05) is 339 Å². The summed E-state index contributed by atoms with van der Waals surface area (Å²) in [7, 11) is 0. The topological polar surface area (TPSA) is 78.9 Å². The summed E-state index contributed by atoms with van der Waals surface area (Å²) in [5, 5.41) is 0. The lowest BCUT2D eigenvalue weighted by Crippen LogP contribution is -2.30. The fourth-order valence-corrected chi connectivity index (χ4v) is 10.8. The third-order valence-corrected chi connectivity index (χ3v) is 16.1. The van der Waals surface area contributed by atoms with Gasteiger partial charge in [-0.15, -0.1) is 0 Å². The van der Waals surface area contributed by atoms with Crippen LogP contribution in [0.1, 0.15) is 387 Å². The Morgan fingerprint density at radius 1 is 0.263 bits per heavy atom. The Morgan fingerprint density at radius 3 is 0.787 bits per heavy atom. The Bertz CT molecular complexity index is 1380. The van der Waals surface area contributed by atoms with E-state index in [1.807, 2.05) is 0 Å². The number of ether oxygens (including phenoxy) is 3. The van der Waals surface area contributed by atoms with E-state index in [1.54, 1.807) is 0 Å². The van der Waals surface area contributed by atoms with E-state index in [1.165, 1.54) is 263 Å². The maximum Gasteiger partial charge on any atom is 0.306 e. The number of rotatable bonds is 66. The summed E-state index contributed by atoms with van der Waals surface area (Å²) in [4.78, 5) is 38.3. The van der Waals surface area contributed by atoms with Gasteiger partial charge in [-0.25, -0.2) is 0 Å². The Labute approximate surface area is 498 Å². The van der Waals surface area contributed by atoms with Crippen LogP contribution < -0.4 is 0 Å². The van der Waals surface area contributed by atoms with Gasteiger partial charge in [-0.2, -0.15) is 0 Å². The maximum absolute atomic E-state index is 12.9. The van der Waals surface area contributed by atoms with E-state index >= 15 is 0 Å². The zero-order valence-corrected chi connectivity index (χ0v) is 53.9. The van der Waals surface area contributed by atoms with Crippen molar-refractivity contribution in [3.8, 4) is 0 Å². The van der Waals surface area contributed by atoms with Crippen molar-refractivity contribution in [3.63, 3.8) is 0 Å². The molecule has 0 aliphatic carbocycles. The molecule has 0 aliphatic heterocycles. The minimum atomic E-state index is -0.787. The van der Waals surface area contributed by atoms with Crippen LogP contribution in [0.15, 0.2) is 48.6 Å². The monoisotopic (exact) mass is 1120 g/mol. The van der Waals surface area contributed by atoms with Crippen molar-refractivity contribution in [3.05, 3.63) is 48.6 Å². The number of hydrogen-bond donors (Lipinski definition) is 0. The number of esters is 3. The van der Waals surface area contributed by atoms with E-state index in [-0.39, 0.29) is 31.1 Å². The van der Waals surface area contributed by atoms with Crippen LogP contribution in [0.3, 0.4) is 0 Å². The minimum absolute atomic E-state index is 0.0807. The summed E-state index contributed by atoms with van der Waals surface area (Å²) in [6.45, 7) is 6.56. The zero-order valence-electron chi connectivity index (χ0n) is 53.9. The van der Waals surface area contributed by atoms with E-state index in [9.17, 15) is 14.4 Å². The van der Waals surface area contributed by atoms with Crippen LogP contribution in [0.4, 0.5) is 0 Å². The summed E-state index contributed by atoms with van der Waals surface area (Å²) < 4.78 is 16.9. The molecule has 80 heavy (non-hydrogen) atoms. The Balaban J connectivity index is 4.12. The molecule has 0 aromatic carbocycles. The first-order valence-corrected chi connectivity index (χ1v) is 35.6. The van der Waals surface area contributed by atoms with E-state index in [0.29, 0.717) is 19.3 Å². The highest BCUT2D eigenvalue weighted by Crippen LogP contribution is 2.19. The molecule has 1 atom stereocenters. The van der Waals surface area contributed by atoms with Gasteiger partial charge in [-0.05, 0) is 77.0 Å². The average Bonchev–Trinajstić information content (AvgIpc) is 3.46. The van der Waals surface area contributed by atoms with Crippen molar-refractivity contribution in [2.24, 2.45) is 0 Å². The number of hydrogen-bond acceptors (Lipinski definition) is 6. The largest absolute Gasteiger partial charge is 0.462 e. The fourth-order valence-electron chi connectivity index (χ4n) is 10.8. The molecule has 0 amide bonds. The van der Waals surface area contributed by atoms with Crippen molar-refractivity contribution >= 4 is 17.9 Å². The van der Waals surface area contributed by atoms with Gasteiger partial charge in [0.15, 0.2) is 6.10 Å². The van der Waals surface area contributed by atoms with Gasteiger partial charge in [0.25, 0.3) is 0 Å². The second-order valence-corrected chi connectivity index (χ2v) is 24.1. The van der Waals surface area contributed by atoms with Gasteiger partial charge < -0.3 is 14.2 Å². The van der Waals surface area contributed by atoms with Gasteiger partial charge in [0, 0.05) is 19.3 Å². The number of carbonyl (C=O) groups excluding carboxylic acids is 3. The summed E-state index contributed by atoms with van der Waals surface area (Å²) >= 11 is 0. The lowest BCUT2D eigenvalue weighted by molar-refractivity contribution is -0.167.